The lowest BCUT2D eigenvalue weighted by atomic mass is 9.84. The van der Waals surface area contributed by atoms with Crippen molar-refractivity contribution in [1.82, 2.24) is 30.0 Å². The van der Waals surface area contributed by atoms with Crippen LogP contribution in [0.4, 0.5) is 11.5 Å². The molecule has 2 aliphatic heterocycles. The molecule has 1 fully saturated rings. The second kappa shape index (κ2) is 13.5. The van der Waals surface area contributed by atoms with Crippen molar-refractivity contribution in [2.24, 2.45) is 0 Å². The molecule has 3 atom stereocenters. The molecule has 0 radical (unpaired) electrons. The number of hydrogen-bond acceptors (Lipinski definition) is 7. The summed E-state index contributed by atoms with van der Waals surface area (Å²) in [7, 11) is 0. The van der Waals surface area contributed by atoms with Gasteiger partial charge in [0.15, 0.2) is 5.82 Å². The molecule has 1 amide bonds. The fourth-order valence-corrected chi connectivity index (χ4v) is 8.23. The van der Waals surface area contributed by atoms with Gasteiger partial charge in [-0.1, -0.05) is 76.9 Å². The fourth-order valence-electron chi connectivity index (χ4n) is 7.93. The molecule has 0 aliphatic carbocycles. The number of fused-ring (bicyclic) bond motifs is 4. The highest BCUT2D eigenvalue weighted by Gasteiger charge is 2.39. The summed E-state index contributed by atoms with van der Waals surface area (Å²) in [5.41, 5.74) is 8.04. The summed E-state index contributed by atoms with van der Waals surface area (Å²) in [6.45, 7) is 6.31. The van der Waals surface area contributed by atoms with Gasteiger partial charge < -0.3 is 29.6 Å². The maximum Gasteiger partial charge on any atom is 0.272 e. The standard InChI is InChI=1S/C41H36Cl2N8O2/c1-23-30-20-45-32-16-18-50(21-31(32)39(30)53-49-23)40-33(9-6-17-44-40)48-41(52)37-35(29-15-14-28(43)19-34(29)47-37)38-36(26-7-4-3-5-8-26)46-22-51(38)24(2)25-10-12-27(42)13-11-25/h3-15,17,19,22,24,31-32,45,47H,16,18,20-21H2,1-2H3,(H,48,52). The van der Waals surface area contributed by atoms with Gasteiger partial charge in [0.2, 0.25) is 0 Å². The van der Waals surface area contributed by atoms with Crippen LogP contribution in [-0.2, 0) is 6.54 Å². The molecular formula is C41H36Cl2N8O2. The van der Waals surface area contributed by atoms with Gasteiger partial charge >= 0.3 is 0 Å². The Morgan fingerprint density at radius 3 is 2.64 bits per heavy atom. The zero-order chi connectivity index (χ0) is 36.2. The van der Waals surface area contributed by atoms with Crippen LogP contribution in [0.15, 0.2) is 102 Å². The summed E-state index contributed by atoms with van der Waals surface area (Å²) in [4.78, 5) is 30.2. The molecule has 3 N–H and O–H groups in total. The van der Waals surface area contributed by atoms with Gasteiger partial charge in [-0.2, -0.15) is 0 Å². The SMILES string of the molecule is Cc1noc2c1CNC1CCN(c3ncccc3NC(=O)c3[nH]c4cc(Cl)ccc4c3-c3c(-c4ccccc4)ncn3C(C)c3ccc(Cl)cc3)CC21. The minimum atomic E-state index is -0.310. The van der Waals surface area contributed by atoms with Crippen molar-refractivity contribution >= 4 is 51.5 Å². The Labute approximate surface area is 316 Å². The van der Waals surface area contributed by atoms with E-state index in [1.807, 2.05) is 98.2 Å². The predicted octanol–water partition coefficient (Wildman–Crippen LogP) is 9.02. The van der Waals surface area contributed by atoms with Gasteiger partial charge in [-0.25, -0.2) is 9.97 Å². The minimum absolute atomic E-state index is 0.114. The summed E-state index contributed by atoms with van der Waals surface area (Å²) in [6, 6.07) is 27.4. The number of halogens is 2. The average molecular weight is 744 g/mol. The number of aryl methyl sites for hydroxylation is 1. The monoisotopic (exact) mass is 742 g/mol. The normalized spacial score (nSPS) is 17.4. The topological polar surface area (TPSA) is 117 Å². The predicted molar refractivity (Wildman–Crippen MR) is 209 cm³/mol. The van der Waals surface area contributed by atoms with E-state index in [1.165, 1.54) is 0 Å². The summed E-state index contributed by atoms with van der Waals surface area (Å²) in [6.07, 6.45) is 4.51. The quantitative estimate of drug-likeness (QED) is 0.149. The highest BCUT2D eigenvalue weighted by molar-refractivity contribution is 6.31. The molecule has 1 saturated heterocycles. The number of nitrogens with one attached hydrogen (secondary N) is 3. The van der Waals surface area contributed by atoms with Crippen molar-refractivity contribution in [2.75, 3.05) is 23.3 Å². The molecule has 6 heterocycles. The number of nitrogens with zero attached hydrogens (tertiary/aromatic N) is 5. The molecule has 3 unspecified atom stereocenters. The van der Waals surface area contributed by atoms with Crippen molar-refractivity contribution in [2.45, 2.75) is 44.8 Å². The molecule has 9 rings (SSSR count). The zero-order valence-corrected chi connectivity index (χ0v) is 30.6. The second-order valence-electron chi connectivity index (χ2n) is 13.8. The maximum absolute atomic E-state index is 14.8. The van der Waals surface area contributed by atoms with E-state index in [-0.39, 0.29) is 23.9 Å². The van der Waals surface area contributed by atoms with Crippen molar-refractivity contribution in [3.63, 3.8) is 0 Å². The molecule has 0 bridgehead atoms. The third-order valence-corrected chi connectivity index (χ3v) is 11.2. The van der Waals surface area contributed by atoms with E-state index in [0.717, 1.165) is 75.5 Å². The maximum atomic E-state index is 14.8. The molecule has 53 heavy (non-hydrogen) atoms. The third kappa shape index (κ3) is 5.96. The first-order valence-corrected chi connectivity index (χ1v) is 18.5. The summed E-state index contributed by atoms with van der Waals surface area (Å²) < 4.78 is 7.97. The molecule has 4 aromatic heterocycles. The number of carbonyl (C=O) groups is 1. The van der Waals surface area contributed by atoms with Crippen molar-refractivity contribution < 1.29 is 9.32 Å². The lowest BCUT2D eigenvalue weighted by Gasteiger charge is -2.41. The highest BCUT2D eigenvalue weighted by atomic mass is 35.5. The molecule has 3 aromatic carbocycles. The molecule has 266 valence electrons. The van der Waals surface area contributed by atoms with Crippen LogP contribution in [-0.4, -0.2) is 49.7 Å². The van der Waals surface area contributed by atoms with Gasteiger partial charge in [0.05, 0.1) is 41.1 Å². The first-order chi connectivity index (χ1) is 25.8. The second-order valence-corrected chi connectivity index (χ2v) is 14.6. The van der Waals surface area contributed by atoms with Crippen molar-refractivity contribution in [3.8, 4) is 22.5 Å². The number of carbonyl (C=O) groups excluding carboxylic acids is 1. The van der Waals surface area contributed by atoms with Gasteiger partial charge in [-0.15, -0.1) is 0 Å². The summed E-state index contributed by atoms with van der Waals surface area (Å²) in [5, 5.41) is 13.3. The summed E-state index contributed by atoms with van der Waals surface area (Å²) in [5.74, 6) is 1.45. The minimum Gasteiger partial charge on any atom is -0.360 e. The van der Waals surface area contributed by atoms with Crippen LogP contribution in [0.2, 0.25) is 10.0 Å². The number of hydrogen-bond donors (Lipinski definition) is 3. The number of H-pyrrole nitrogens is 1. The first-order valence-electron chi connectivity index (χ1n) is 17.7. The van der Waals surface area contributed by atoms with Crippen molar-refractivity contribution in [3.05, 3.63) is 136 Å². The number of piperidine rings is 1. The Bertz CT molecular complexity index is 2470. The van der Waals surface area contributed by atoms with E-state index in [0.29, 0.717) is 33.8 Å². The first kappa shape index (κ1) is 33.4. The Hall–Kier alpha value is -5.42. The van der Waals surface area contributed by atoms with E-state index >= 15 is 0 Å². The van der Waals surface area contributed by atoms with Crippen LogP contribution >= 0.6 is 23.2 Å². The van der Waals surface area contributed by atoms with Crippen LogP contribution in [0.3, 0.4) is 0 Å². The van der Waals surface area contributed by atoms with Crippen LogP contribution in [0, 0.1) is 6.92 Å². The molecule has 2 aliphatic rings. The number of pyridine rings is 1. The van der Waals surface area contributed by atoms with E-state index in [9.17, 15) is 4.79 Å². The van der Waals surface area contributed by atoms with Crippen LogP contribution in [0.1, 0.15) is 58.4 Å². The van der Waals surface area contributed by atoms with E-state index in [2.05, 4.69) is 37.2 Å². The largest absolute Gasteiger partial charge is 0.360 e. The lowest BCUT2D eigenvalue weighted by molar-refractivity contribution is 0.102. The van der Waals surface area contributed by atoms with Gasteiger partial charge in [0, 0.05) is 69.5 Å². The number of aromatic amines is 1. The molecule has 7 aromatic rings. The Morgan fingerprint density at radius 1 is 1.00 bits per heavy atom. The van der Waals surface area contributed by atoms with Gasteiger partial charge in [-0.3, -0.25) is 4.79 Å². The highest BCUT2D eigenvalue weighted by Crippen LogP contribution is 2.42. The molecule has 12 heteroatoms. The average Bonchev–Trinajstić information content (AvgIpc) is 3.90. The third-order valence-electron chi connectivity index (χ3n) is 10.7. The number of anilines is 2. The molecule has 0 saturated carbocycles. The lowest BCUT2D eigenvalue weighted by Crippen LogP contribution is -2.50. The number of imidazole rings is 1. The van der Waals surface area contributed by atoms with Crippen LogP contribution in [0.25, 0.3) is 33.4 Å². The number of amides is 1. The molecule has 10 nitrogen and oxygen atoms in total. The smallest absolute Gasteiger partial charge is 0.272 e. The fraction of sp³-hybridized carbons (Fsp3) is 0.220. The zero-order valence-electron chi connectivity index (χ0n) is 29.1. The van der Waals surface area contributed by atoms with E-state index in [1.54, 1.807) is 6.20 Å². The Kier molecular flexibility index (Phi) is 8.53. The Balaban J connectivity index is 1.14. The van der Waals surface area contributed by atoms with Crippen LogP contribution in [0.5, 0.6) is 0 Å². The number of aromatic nitrogens is 5. The number of benzene rings is 3. The van der Waals surface area contributed by atoms with Crippen molar-refractivity contribution in [1.29, 1.82) is 0 Å². The van der Waals surface area contributed by atoms with E-state index in [4.69, 9.17) is 37.7 Å². The van der Waals surface area contributed by atoms with E-state index < -0.39 is 0 Å². The Morgan fingerprint density at radius 2 is 1.81 bits per heavy atom. The summed E-state index contributed by atoms with van der Waals surface area (Å²) >= 11 is 12.8. The number of rotatable bonds is 7. The van der Waals surface area contributed by atoms with Crippen LogP contribution < -0.4 is 15.5 Å². The molecule has 0 spiro atoms. The van der Waals surface area contributed by atoms with Gasteiger partial charge in [0.25, 0.3) is 5.91 Å². The molecular weight excluding hydrogens is 707 g/mol. The van der Waals surface area contributed by atoms with Gasteiger partial charge in [0.1, 0.15) is 11.5 Å². The van der Waals surface area contributed by atoms with Gasteiger partial charge in [-0.05, 0) is 62.2 Å².